The molecule has 3 N–H and O–H groups in total. The number of carboxylic acid groups (broad SMARTS) is 1. The summed E-state index contributed by atoms with van der Waals surface area (Å²) < 4.78 is 0. The number of hydrogen-bond acceptors (Lipinski definition) is 3. The average Bonchev–Trinajstić information content (AvgIpc) is 2.80. The summed E-state index contributed by atoms with van der Waals surface area (Å²) in [5.74, 6) is -1.87. The number of rotatable bonds is 9. The number of carboxylic acids is 1. The molecule has 0 aliphatic rings. The van der Waals surface area contributed by atoms with Gasteiger partial charge in [-0.1, -0.05) is 78.9 Å². The lowest BCUT2D eigenvalue weighted by molar-refractivity contribution is -0.141. The van der Waals surface area contributed by atoms with E-state index in [2.05, 4.69) is 10.6 Å². The molecule has 0 aliphatic heterocycles. The van der Waals surface area contributed by atoms with Gasteiger partial charge in [0.1, 0.15) is 6.04 Å². The van der Waals surface area contributed by atoms with Crippen LogP contribution in [-0.4, -0.2) is 28.9 Å². The molecule has 0 bridgehead atoms. The molecule has 2 atom stereocenters. The van der Waals surface area contributed by atoms with Crippen molar-refractivity contribution in [3.05, 3.63) is 108 Å². The van der Waals surface area contributed by atoms with E-state index in [1.165, 1.54) is 0 Å². The Balaban J connectivity index is 1.71. The number of aliphatic carboxylic acids is 1. The second kappa shape index (κ2) is 10.7. The first kappa shape index (κ1) is 21.8. The number of nitrogens with one attached hydrogen (secondary N) is 2. The van der Waals surface area contributed by atoms with Gasteiger partial charge in [0, 0.05) is 12.0 Å². The summed E-state index contributed by atoms with van der Waals surface area (Å²) in [5, 5.41) is 15.0. The summed E-state index contributed by atoms with van der Waals surface area (Å²) >= 11 is 0. The smallest absolute Gasteiger partial charge is 0.326 e. The SMILES string of the molecule is O=C(CC(NC(=O)c1ccccc1)c1ccccc1)NC(Cc1ccccc1)C(=O)O. The Morgan fingerprint density at radius 1 is 0.742 bits per heavy atom. The molecular weight excluding hydrogens is 392 g/mol. The molecule has 158 valence electrons. The molecule has 3 aromatic carbocycles. The van der Waals surface area contributed by atoms with E-state index < -0.39 is 24.0 Å². The number of carbonyl (C=O) groups excluding carboxylic acids is 2. The zero-order valence-electron chi connectivity index (χ0n) is 16.9. The lowest BCUT2D eigenvalue weighted by Gasteiger charge is -2.21. The largest absolute Gasteiger partial charge is 0.480 e. The van der Waals surface area contributed by atoms with E-state index in [0.717, 1.165) is 11.1 Å². The maximum Gasteiger partial charge on any atom is 0.326 e. The van der Waals surface area contributed by atoms with Crippen LogP contribution in [0, 0.1) is 0 Å². The van der Waals surface area contributed by atoms with Crippen LogP contribution in [0.5, 0.6) is 0 Å². The third-order valence-corrected chi connectivity index (χ3v) is 4.85. The summed E-state index contributed by atoms with van der Waals surface area (Å²) in [5.41, 5.74) is 2.06. The van der Waals surface area contributed by atoms with Crippen molar-refractivity contribution >= 4 is 17.8 Å². The maximum atomic E-state index is 12.7. The summed E-state index contributed by atoms with van der Waals surface area (Å²) in [6, 6.07) is 25.3. The zero-order valence-corrected chi connectivity index (χ0v) is 16.9. The third-order valence-electron chi connectivity index (χ3n) is 4.85. The van der Waals surface area contributed by atoms with Gasteiger partial charge in [-0.05, 0) is 23.3 Å². The van der Waals surface area contributed by atoms with Gasteiger partial charge in [-0.25, -0.2) is 4.79 Å². The normalized spacial score (nSPS) is 12.4. The van der Waals surface area contributed by atoms with E-state index in [4.69, 9.17) is 0 Å². The monoisotopic (exact) mass is 416 g/mol. The van der Waals surface area contributed by atoms with E-state index >= 15 is 0 Å². The van der Waals surface area contributed by atoms with Gasteiger partial charge >= 0.3 is 5.97 Å². The van der Waals surface area contributed by atoms with Gasteiger partial charge in [0.25, 0.3) is 5.91 Å². The van der Waals surface area contributed by atoms with Crippen LogP contribution in [0.25, 0.3) is 0 Å². The molecule has 6 heteroatoms. The molecule has 0 spiro atoms. The molecule has 0 aliphatic carbocycles. The molecule has 0 fully saturated rings. The van der Waals surface area contributed by atoms with Crippen LogP contribution in [-0.2, 0) is 16.0 Å². The van der Waals surface area contributed by atoms with Crippen molar-refractivity contribution in [2.45, 2.75) is 24.9 Å². The Hall–Kier alpha value is -3.93. The van der Waals surface area contributed by atoms with Gasteiger partial charge in [-0.3, -0.25) is 9.59 Å². The molecule has 31 heavy (non-hydrogen) atoms. The predicted molar refractivity (Wildman–Crippen MR) is 117 cm³/mol. The van der Waals surface area contributed by atoms with Crippen molar-refractivity contribution in [1.82, 2.24) is 10.6 Å². The van der Waals surface area contributed by atoms with Crippen molar-refractivity contribution in [3.63, 3.8) is 0 Å². The molecule has 2 amide bonds. The highest BCUT2D eigenvalue weighted by Crippen LogP contribution is 2.18. The topological polar surface area (TPSA) is 95.5 Å². The van der Waals surface area contributed by atoms with Gasteiger partial charge < -0.3 is 15.7 Å². The molecule has 6 nitrogen and oxygen atoms in total. The van der Waals surface area contributed by atoms with Crippen LogP contribution in [0.3, 0.4) is 0 Å². The molecule has 0 radical (unpaired) electrons. The molecule has 0 saturated heterocycles. The molecule has 0 aromatic heterocycles. The first-order valence-electron chi connectivity index (χ1n) is 10.00. The minimum absolute atomic E-state index is 0.0822. The lowest BCUT2D eigenvalue weighted by atomic mass is 10.0. The Morgan fingerprint density at radius 3 is 1.87 bits per heavy atom. The highest BCUT2D eigenvalue weighted by molar-refractivity contribution is 5.94. The predicted octanol–water partition coefficient (Wildman–Crippen LogP) is 3.36. The Kier molecular flexibility index (Phi) is 7.54. The summed E-state index contributed by atoms with van der Waals surface area (Å²) in [4.78, 5) is 37.0. The van der Waals surface area contributed by atoms with E-state index in [9.17, 15) is 19.5 Å². The van der Waals surface area contributed by atoms with Crippen LogP contribution < -0.4 is 10.6 Å². The number of benzene rings is 3. The molecular formula is C25H24N2O4. The van der Waals surface area contributed by atoms with Gasteiger partial charge in [0.15, 0.2) is 0 Å². The third kappa shape index (κ3) is 6.54. The summed E-state index contributed by atoms with van der Waals surface area (Å²) in [7, 11) is 0. The van der Waals surface area contributed by atoms with Crippen molar-refractivity contribution in [1.29, 1.82) is 0 Å². The van der Waals surface area contributed by atoms with Gasteiger partial charge in [-0.15, -0.1) is 0 Å². The van der Waals surface area contributed by atoms with Gasteiger partial charge in [0.2, 0.25) is 5.91 Å². The van der Waals surface area contributed by atoms with E-state index in [1.807, 2.05) is 66.7 Å². The minimum atomic E-state index is -1.11. The summed E-state index contributed by atoms with van der Waals surface area (Å²) in [6.07, 6.45) is 0.0927. The van der Waals surface area contributed by atoms with Crippen molar-refractivity contribution in [3.8, 4) is 0 Å². The van der Waals surface area contributed by atoms with Crippen LogP contribution in [0.15, 0.2) is 91.0 Å². The molecule has 3 rings (SSSR count). The van der Waals surface area contributed by atoms with Crippen LogP contribution in [0.2, 0.25) is 0 Å². The first-order chi connectivity index (χ1) is 15.0. The lowest BCUT2D eigenvalue weighted by Crippen LogP contribution is -2.44. The van der Waals surface area contributed by atoms with Crippen LogP contribution in [0.1, 0.15) is 33.9 Å². The standard InChI is InChI=1S/C25H24N2O4/c28-23(26-22(25(30)31)16-18-10-4-1-5-11-18)17-21(19-12-6-2-7-13-19)27-24(29)20-14-8-3-9-15-20/h1-15,21-22H,16-17H2,(H,26,28)(H,27,29)(H,30,31). The number of amides is 2. The van der Waals surface area contributed by atoms with E-state index in [0.29, 0.717) is 5.56 Å². The minimum Gasteiger partial charge on any atom is -0.480 e. The van der Waals surface area contributed by atoms with Crippen molar-refractivity contribution in [2.75, 3.05) is 0 Å². The highest BCUT2D eigenvalue weighted by atomic mass is 16.4. The fourth-order valence-corrected chi connectivity index (χ4v) is 3.26. The maximum absolute atomic E-state index is 12.7. The fourth-order valence-electron chi connectivity index (χ4n) is 3.26. The van der Waals surface area contributed by atoms with E-state index in [-0.39, 0.29) is 18.7 Å². The second-order valence-corrected chi connectivity index (χ2v) is 7.15. The second-order valence-electron chi connectivity index (χ2n) is 7.15. The quantitative estimate of drug-likeness (QED) is 0.498. The van der Waals surface area contributed by atoms with Crippen LogP contribution in [0.4, 0.5) is 0 Å². The van der Waals surface area contributed by atoms with Crippen molar-refractivity contribution < 1.29 is 19.5 Å². The van der Waals surface area contributed by atoms with Gasteiger partial charge in [0.05, 0.1) is 12.5 Å². The van der Waals surface area contributed by atoms with Crippen LogP contribution >= 0.6 is 0 Å². The highest BCUT2D eigenvalue weighted by Gasteiger charge is 2.24. The molecule has 0 heterocycles. The van der Waals surface area contributed by atoms with Crippen molar-refractivity contribution in [2.24, 2.45) is 0 Å². The Labute approximate surface area is 180 Å². The van der Waals surface area contributed by atoms with Gasteiger partial charge in [-0.2, -0.15) is 0 Å². The molecule has 2 unspecified atom stereocenters. The molecule has 3 aromatic rings. The number of hydrogen-bond donors (Lipinski definition) is 3. The summed E-state index contributed by atoms with van der Waals surface area (Å²) in [6.45, 7) is 0. The first-order valence-corrected chi connectivity index (χ1v) is 10.00. The zero-order chi connectivity index (χ0) is 22.1. The van der Waals surface area contributed by atoms with E-state index in [1.54, 1.807) is 24.3 Å². The Bertz CT molecular complexity index is 1010. The fraction of sp³-hybridized carbons (Fsp3) is 0.160. The average molecular weight is 416 g/mol. The number of carbonyl (C=O) groups is 3. The Morgan fingerprint density at radius 2 is 1.29 bits per heavy atom. The molecule has 0 saturated carbocycles.